The number of likely N-dealkylation sites (tertiary alicyclic amines) is 1. The number of fused-ring (bicyclic) bond motifs is 1. The van der Waals surface area contributed by atoms with Gasteiger partial charge in [0, 0.05) is 19.0 Å². The van der Waals surface area contributed by atoms with Crippen LogP contribution >= 0.6 is 11.8 Å². The van der Waals surface area contributed by atoms with Crippen molar-refractivity contribution in [1.82, 2.24) is 20.2 Å². The molecule has 8 heteroatoms. The second-order valence-corrected chi connectivity index (χ2v) is 9.71. The van der Waals surface area contributed by atoms with Gasteiger partial charge in [0.25, 0.3) is 0 Å². The predicted molar refractivity (Wildman–Crippen MR) is 121 cm³/mol. The monoisotopic (exact) mass is 432 g/mol. The van der Waals surface area contributed by atoms with E-state index < -0.39 is 5.60 Å². The topological polar surface area (TPSA) is 87.3 Å². The van der Waals surface area contributed by atoms with Crippen LogP contribution in [-0.2, 0) is 9.53 Å². The fraction of sp³-hybridized carbons (Fsp3) is 0.591. The Morgan fingerprint density at radius 3 is 2.63 bits per heavy atom. The number of carbonyl (C=O) groups is 2. The summed E-state index contributed by atoms with van der Waals surface area (Å²) in [5.41, 5.74) is 1.37. The van der Waals surface area contributed by atoms with Crippen LogP contribution in [0.1, 0.15) is 51.9 Å². The Hall–Kier alpha value is -2.22. The zero-order valence-corrected chi connectivity index (χ0v) is 19.1. The van der Waals surface area contributed by atoms with Crippen LogP contribution < -0.4 is 5.32 Å². The predicted octanol–water partition coefficient (Wildman–Crippen LogP) is 4.12. The second-order valence-electron chi connectivity index (χ2n) is 8.72. The Balaban J connectivity index is 1.60. The lowest BCUT2D eigenvalue weighted by Gasteiger charge is -2.33. The van der Waals surface area contributed by atoms with E-state index in [0.29, 0.717) is 25.9 Å². The van der Waals surface area contributed by atoms with Crippen molar-refractivity contribution in [3.05, 3.63) is 30.1 Å². The van der Waals surface area contributed by atoms with Gasteiger partial charge in [-0.2, -0.15) is 11.8 Å². The van der Waals surface area contributed by atoms with E-state index in [4.69, 9.17) is 4.74 Å². The van der Waals surface area contributed by atoms with Crippen molar-refractivity contribution >= 4 is 34.8 Å². The van der Waals surface area contributed by atoms with Crippen molar-refractivity contribution in [2.45, 2.75) is 51.7 Å². The van der Waals surface area contributed by atoms with Gasteiger partial charge in [0.15, 0.2) is 0 Å². The molecule has 3 rings (SSSR count). The zero-order chi connectivity index (χ0) is 21.7. The molecule has 1 aromatic carbocycles. The summed E-state index contributed by atoms with van der Waals surface area (Å²) in [5.74, 6) is 1.65. The maximum absolute atomic E-state index is 13.0. The summed E-state index contributed by atoms with van der Waals surface area (Å²) in [6.07, 6.45) is 3.84. The minimum Gasteiger partial charge on any atom is -0.444 e. The SMILES string of the molecule is CSCC[C@H](NC(=O)C1CCN(C(=O)OC(C)(C)C)CC1)c1nc2ccccc2[nH]1. The first-order chi connectivity index (χ1) is 14.3. The van der Waals surface area contributed by atoms with Crippen LogP contribution in [0.3, 0.4) is 0 Å². The second kappa shape index (κ2) is 9.73. The van der Waals surface area contributed by atoms with Crippen molar-refractivity contribution < 1.29 is 14.3 Å². The van der Waals surface area contributed by atoms with E-state index in [1.807, 2.05) is 45.0 Å². The van der Waals surface area contributed by atoms with Crippen molar-refractivity contribution in [1.29, 1.82) is 0 Å². The number of para-hydroxylation sites is 2. The number of benzene rings is 1. The first kappa shape index (κ1) is 22.5. The van der Waals surface area contributed by atoms with Gasteiger partial charge in [0.1, 0.15) is 11.4 Å². The number of nitrogens with zero attached hydrogens (tertiary/aromatic N) is 2. The van der Waals surface area contributed by atoms with Gasteiger partial charge in [-0.1, -0.05) is 12.1 Å². The number of hydrogen-bond donors (Lipinski definition) is 2. The Morgan fingerprint density at radius 2 is 2.00 bits per heavy atom. The Morgan fingerprint density at radius 1 is 1.30 bits per heavy atom. The average molecular weight is 433 g/mol. The van der Waals surface area contributed by atoms with Gasteiger partial charge < -0.3 is 19.9 Å². The molecule has 2 heterocycles. The molecule has 30 heavy (non-hydrogen) atoms. The number of thioether (sulfide) groups is 1. The normalized spacial score (nSPS) is 16.5. The summed E-state index contributed by atoms with van der Waals surface area (Å²) in [6.45, 7) is 6.65. The molecule has 0 spiro atoms. The lowest BCUT2D eigenvalue weighted by molar-refractivity contribution is -0.127. The number of nitrogens with one attached hydrogen (secondary N) is 2. The van der Waals surface area contributed by atoms with Crippen LogP contribution in [0.2, 0.25) is 0 Å². The zero-order valence-electron chi connectivity index (χ0n) is 18.2. The van der Waals surface area contributed by atoms with E-state index in [1.54, 1.807) is 16.7 Å². The number of amides is 2. The number of H-pyrrole nitrogens is 1. The molecule has 0 radical (unpaired) electrons. The molecule has 2 N–H and O–H groups in total. The fourth-order valence-corrected chi connectivity index (χ4v) is 4.06. The average Bonchev–Trinajstić information content (AvgIpc) is 3.14. The molecule has 1 fully saturated rings. The van der Waals surface area contributed by atoms with Crippen LogP contribution in [0.25, 0.3) is 11.0 Å². The van der Waals surface area contributed by atoms with Crippen molar-refractivity contribution in [3.63, 3.8) is 0 Å². The number of rotatable bonds is 6. The summed E-state index contributed by atoms with van der Waals surface area (Å²) in [6, 6.07) is 7.74. The Bertz CT molecular complexity index is 836. The molecule has 164 valence electrons. The van der Waals surface area contributed by atoms with Crippen molar-refractivity contribution in [2.24, 2.45) is 5.92 Å². The standard InChI is InChI=1S/C22H32N4O3S/c1-22(2,3)29-21(28)26-12-9-15(10-13-26)20(27)25-18(11-14-30-4)19-23-16-7-5-6-8-17(16)24-19/h5-8,15,18H,9-14H2,1-4H3,(H,23,24)(H,25,27)/t18-/m0/s1. The molecule has 2 amide bonds. The number of ether oxygens (including phenoxy) is 1. The minimum atomic E-state index is -0.512. The fourth-order valence-electron chi connectivity index (χ4n) is 3.59. The van der Waals surface area contributed by atoms with E-state index in [9.17, 15) is 9.59 Å². The highest BCUT2D eigenvalue weighted by atomic mass is 32.2. The number of piperidine rings is 1. The van der Waals surface area contributed by atoms with Crippen LogP contribution in [0.4, 0.5) is 4.79 Å². The summed E-state index contributed by atoms with van der Waals surface area (Å²) in [5, 5.41) is 3.20. The van der Waals surface area contributed by atoms with Crippen LogP contribution in [-0.4, -0.2) is 57.6 Å². The van der Waals surface area contributed by atoms with Crippen LogP contribution in [0, 0.1) is 5.92 Å². The molecule has 0 bridgehead atoms. The van der Waals surface area contributed by atoms with Gasteiger partial charge in [-0.25, -0.2) is 9.78 Å². The van der Waals surface area contributed by atoms with E-state index in [-0.39, 0.29) is 24.0 Å². The molecule has 1 aliphatic rings. The van der Waals surface area contributed by atoms with Gasteiger partial charge in [-0.05, 0) is 64.2 Å². The molecular weight excluding hydrogens is 400 g/mol. The Labute approximate surface area is 182 Å². The smallest absolute Gasteiger partial charge is 0.410 e. The molecule has 0 unspecified atom stereocenters. The third-order valence-electron chi connectivity index (χ3n) is 5.18. The maximum Gasteiger partial charge on any atom is 0.410 e. The van der Waals surface area contributed by atoms with E-state index in [2.05, 4.69) is 21.5 Å². The van der Waals surface area contributed by atoms with Crippen molar-refractivity contribution in [2.75, 3.05) is 25.1 Å². The first-order valence-corrected chi connectivity index (χ1v) is 11.9. The summed E-state index contributed by atoms with van der Waals surface area (Å²) in [7, 11) is 0. The number of hydrogen-bond acceptors (Lipinski definition) is 5. The molecule has 1 saturated heterocycles. The lowest BCUT2D eigenvalue weighted by atomic mass is 9.95. The molecule has 1 aromatic heterocycles. The summed E-state index contributed by atoms with van der Waals surface area (Å²) < 4.78 is 5.44. The van der Waals surface area contributed by atoms with E-state index >= 15 is 0 Å². The van der Waals surface area contributed by atoms with Crippen molar-refractivity contribution in [3.8, 4) is 0 Å². The number of aromatic nitrogens is 2. The lowest BCUT2D eigenvalue weighted by Crippen LogP contribution is -2.45. The van der Waals surface area contributed by atoms with Crippen LogP contribution in [0.15, 0.2) is 24.3 Å². The van der Waals surface area contributed by atoms with E-state index in [1.165, 1.54) is 0 Å². The molecule has 7 nitrogen and oxygen atoms in total. The highest BCUT2D eigenvalue weighted by Gasteiger charge is 2.31. The van der Waals surface area contributed by atoms with Gasteiger partial charge in [0.2, 0.25) is 5.91 Å². The Kier molecular flexibility index (Phi) is 7.28. The molecule has 2 aromatic rings. The largest absolute Gasteiger partial charge is 0.444 e. The molecule has 1 atom stereocenters. The molecule has 1 aliphatic heterocycles. The molecule has 0 saturated carbocycles. The number of carbonyl (C=O) groups excluding carboxylic acids is 2. The quantitative estimate of drug-likeness (QED) is 0.717. The van der Waals surface area contributed by atoms with Gasteiger partial charge in [-0.15, -0.1) is 0 Å². The van der Waals surface area contributed by atoms with Gasteiger partial charge >= 0.3 is 6.09 Å². The van der Waals surface area contributed by atoms with Crippen LogP contribution in [0.5, 0.6) is 0 Å². The van der Waals surface area contributed by atoms with Gasteiger partial charge in [0.05, 0.1) is 17.1 Å². The number of imidazole rings is 1. The third kappa shape index (κ3) is 5.90. The highest BCUT2D eigenvalue weighted by molar-refractivity contribution is 7.98. The highest BCUT2D eigenvalue weighted by Crippen LogP contribution is 2.24. The number of aromatic amines is 1. The minimum absolute atomic E-state index is 0.0328. The molecule has 0 aliphatic carbocycles. The summed E-state index contributed by atoms with van der Waals surface area (Å²) >= 11 is 1.75. The van der Waals surface area contributed by atoms with Gasteiger partial charge in [-0.3, -0.25) is 4.79 Å². The third-order valence-corrected chi connectivity index (χ3v) is 5.83. The first-order valence-electron chi connectivity index (χ1n) is 10.5. The summed E-state index contributed by atoms with van der Waals surface area (Å²) in [4.78, 5) is 34.9. The van der Waals surface area contributed by atoms with E-state index in [0.717, 1.165) is 29.0 Å². The molecular formula is C22H32N4O3S. The maximum atomic E-state index is 13.0.